The van der Waals surface area contributed by atoms with Gasteiger partial charge in [-0.25, -0.2) is 9.18 Å². The van der Waals surface area contributed by atoms with Gasteiger partial charge in [-0.05, 0) is 74.4 Å². The summed E-state index contributed by atoms with van der Waals surface area (Å²) < 4.78 is 94.8. The highest BCUT2D eigenvalue weighted by molar-refractivity contribution is 5.92. The molecule has 0 unspecified atom stereocenters. The summed E-state index contributed by atoms with van der Waals surface area (Å²) in [6.45, 7) is 0.238. The number of likely N-dealkylation sites (N-methyl/N-ethyl adjacent to an activating group) is 1. The van der Waals surface area contributed by atoms with Crippen molar-refractivity contribution in [2.75, 3.05) is 32.1 Å². The smallest absolute Gasteiger partial charge is 0.353 e. The SMILES string of the molecule is CN(C(=O)N(C)[C@@H]1CN(C(=O)C2CCC(NC(=O)C3CCC3)CC2)C[C@H]1c1ccc(F)cc1)c1cc(C(F)(F)F)cc(C(F)(F)F)c1. The van der Waals surface area contributed by atoms with Crippen molar-refractivity contribution < 1.29 is 45.1 Å². The molecule has 14 heteroatoms. The van der Waals surface area contributed by atoms with Crippen LogP contribution in [0.4, 0.5) is 41.2 Å². The van der Waals surface area contributed by atoms with E-state index < -0.39 is 53.0 Å². The molecule has 0 aromatic heterocycles. The molecular weight excluding hydrogens is 633 g/mol. The summed E-state index contributed by atoms with van der Waals surface area (Å²) in [5.74, 6) is -1.32. The quantitative estimate of drug-likeness (QED) is 0.343. The summed E-state index contributed by atoms with van der Waals surface area (Å²) in [5, 5.41) is 3.10. The first-order chi connectivity index (χ1) is 22.0. The molecule has 2 aliphatic carbocycles. The van der Waals surface area contributed by atoms with Gasteiger partial charge >= 0.3 is 18.4 Å². The Labute approximate surface area is 268 Å². The number of urea groups is 1. The fourth-order valence-electron chi connectivity index (χ4n) is 6.75. The highest BCUT2D eigenvalue weighted by atomic mass is 19.4. The molecule has 4 amide bonds. The van der Waals surface area contributed by atoms with Gasteiger partial charge in [-0.2, -0.15) is 26.3 Å². The van der Waals surface area contributed by atoms with Crippen LogP contribution < -0.4 is 10.2 Å². The van der Waals surface area contributed by atoms with Crippen LogP contribution in [0, 0.1) is 17.7 Å². The monoisotopic (exact) mass is 670 g/mol. The zero-order valence-corrected chi connectivity index (χ0v) is 26.0. The molecule has 5 rings (SSSR count). The molecule has 2 aromatic carbocycles. The van der Waals surface area contributed by atoms with E-state index in [9.17, 15) is 45.1 Å². The van der Waals surface area contributed by atoms with Gasteiger partial charge < -0.3 is 15.1 Å². The van der Waals surface area contributed by atoms with E-state index in [1.54, 1.807) is 4.90 Å². The van der Waals surface area contributed by atoms with E-state index in [4.69, 9.17) is 0 Å². The summed E-state index contributed by atoms with van der Waals surface area (Å²) in [6, 6.07) is 4.89. The summed E-state index contributed by atoms with van der Waals surface area (Å²) >= 11 is 0. The second-order valence-corrected chi connectivity index (χ2v) is 12.9. The molecule has 2 atom stereocenters. The second kappa shape index (κ2) is 13.3. The predicted molar refractivity (Wildman–Crippen MR) is 159 cm³/mol. The van der Waals surface area contributed by atoms with E-state index in [0.717, 1.165) is 31.2 Å². The van der Waals surface area contributed by atoms with Gasteiger partial charge in [0.1, 0.15) is 5.82 Å². The fourth-order valence-corrected chi connectivity index (χ4v) is 6.75. The number of rotatable bonds is 6. The normalized spacial score (nSPS) is 23.6. The zero-order chi connectivity index (χ0) is 34.3. The van der Waals surface area contributed by atoms with Gasteiger partial charge in [-0.1, -0.05) is 18.6 Å². The second-order valence-electron chi connectivity index (χ2n) is 12.9. The number of nitrogens with one attached hydrogen (secondary N) is 1. The molecule has 2 saturated carbocycles. The number of halogens is 7. The Balaban J connectivity index is 1.33. The Morgan fingerprint density at radius 1 is 0.787 bits per heavy atom. The van der Waals surface area contributed by atoms with Gasteiger partial charge in [0.05, 0.1) is 17.2 Å². The van der Waals surface area contributed by atoms with Crippen LogP contribution in [-0.2, 0) is 21.9 Å². The largest absolute Gasteiger partial charge is 0.416 e. The third-order valence-electron chi connectivity index (χ3n) is 9.84. The maximum absolute atomic E-state index is 13.8. The molecule has 1 saturated heterocycles. The van der Waals surface area contributed by atoms with Crippen LogP contribution >= 0.6 is 0 Å². The summed E-state index contributed by atoms with van der Waals surface area (Å²) in [7, 11) is 2.46. The number of carbonyl (C=O) groups is 3. The van der Waals surface area contributed by atoms with Gasteiger partial charge in [-0.15, -0.1) is 0 Å². The van der Waals surface area contributed by atoms with E-state index in [1.807, 2.05) is 0 Å². The number of benzene rings is 2. The first-order valence-electron chi connectivity index (χ1n) is 15.7. The zero-order valence-electron chi connectivity index (χ0n) is 26.0. The Hall–Kier alpha value is -3.84. The van der Waals surface area contributed by atoms with Crippen LogP contribution in [0.5, 0.6) is 0 Å². The summed E-state index contributed by atoms with van der Waals surface area (Å²) in [4.78, 5) is 43.3. The molecule has 2 aromatic rings. The molecule has 1 aliphatic heterocycles. The fraction of sp³-hybridized carbons (Fsp3) is 0.545. The summed E-state index contributed by atoms with van der Waals surface area (Å²) in [5.41, 5.74) is -3.09. The third-order valence-corrected chi connectivity index (χ3v) is 9.84. The van der Waals surface area contributed by atoms with Crippen molar-refractivity contribution in [3.63, 3.8) is 0 Å². The Morgan fingerprint density at radius 3 is 1.87 bits per heavy atom. The highest BCUT2D eigenvalue weighted by Gasteiger charge is 2.44. The number of alkyl halides is 6. The van der Waals surface area contributed by atoms with Crippen molar-refractivity contribution in [2.45, 2.75) is 75.3 Å². The average Bonchev–Trinajstić information content (AvgIpc) is 3.44. The lowest BCUT2D eigenvalue weighted by atomic mass is 9.82. The first-order valence-corrected chi connectivity index (χ1v) is 15.7. The standard InChI is InChI=1S/C33H37F7N4O3/c1-42(26-15-22(32(35,36)37)14-23(16-26)33(38,39)40)31(47)43(2)28-18-44(17-27(28)19-6-10-24(34)11-7-19)30(46)21-8-12-25(13-9-21)41-29(45)20-4-3-5-20/h6-7,10-11,14-16,20-21,25,27-28H,3-5,8-9,12-13,17-18H2,1-2H3,(H,41,45)/t21?,25?,27-,28+/m0/s1. The molecule has 0 radical (unpaired) electrons. The van der Waals surface area contributed by atoms with Crippen molar-refractivity contribution in [1.82, 2.24) is 15.1 Å². The van der Waals surface area contributed by atoms with E-state index in [2.05, 4.69) is 5.32 Å². The molecule has 7 nitrogen and oxygen atoms in total. The molecule has 3 fully saturated rings. The van der Waals surface area contributed by atoms with Crippen LogP contribution in [-0.4, -0.2) is 66.9 Å². The number of likely N-dealkylation sites (tertiary alicyclic amines) is 1. The van der Waals surface area contributed by atoms with Crippen molar-refractivity contribution in [1.29, 1.82) is 0 Å². The minimum atomic E-state index is -5.09. The average molecular weight is 671 g/mol. The Bertz CT molecular complexity index is 1440. The Morgan fingerprint density at radius 2 is 1.36 bits per heavy atom. The van der Waals surface area contributed by atoms with Crippen LogP contribution in [0.15, 0.2) is 42.5 Å². The van der Waals surface area contributed by atoms with Crippen LogP contribution in [0.1, 0.15) is 67.6 Å². The van der Waals surface area contributed by atoms with Gasteiger partial charge in [0.25, 0.3) is 0 Å². The highest BCUT2D eigenvalue weighted by Crippen LogP contribution is 2.39. The van der Waals surface area contributed by atoms with E-state index >= 15 is 0 Å². The van der Waals surface area contributed by atoms with Crippen LogP contribution in [0.3, 0.4) is 0 Å². The molecule has 256 valence electrons. The number of carbonyl (C=O) groups excluding carboxylic acids is 3. The minimum absolute atomic E-state index is 0.00144. The maximum atomic E-state index is 13.8. The van der Waals surface area contributed by atoms with Crippen LogP contribution in [0.25, 0.3) is 0 Å². The van der Waals surface area contributed by atoms with Crippen molar-refractivity contribution >= 4 is 23.5 Å². The topological polar surface area (TPSA) is 73.0 Å². The molecular formula is C33H37F7N4O3. The molecule has 0 spiro atoms. The van der Waals surface area contributed by atoms with Crippen molar-refractivity contribution in [3.8, 4) is 0 Å². The molecule has 1 N–H and O–H groups in total. The van der Waals surface area contributed by atoms with Gasteiger partial charge in [0, 0.05) is 56.7 Å². The molecule has 47 heavy (non-hydrogen) atoms. The van der Waals surface area contributed by atoms with Crippen LogP contribution in [0.2, 0.25) is 0 Å². The van der Waals surface area contributed by atoms with Crippen molar-refractivity contribution in [3.05, 3.63) is 65.0 Å². The number of hydrogen-bond donors (Lipinski definition) is 1. The van der Waals surface area contributed by atoms with E-state index in [1.165, 1.54) is 36.2 Å². The van der Waals surface area contributed by atoms with Gasteiger partial charge in [0.2, 0.25) is 11.8 Å². The number of anilines is 1. The minimum Gasteiger partial charge on any atom is -0.353 e. The Kier molecular flexibility index (Phi) is 9.79. The lowest BCUT2D eigenvalue weighted by Gasteiger charge is -2.34. The lowest BCUT2D eigenvalue weighted by molar-refractivity contribution is -0.143. The third kappa shape index (κ3) is 7.67. The predicted octanol–water partition coefficient (Wildman–Crippen LogP) is 6.82. The van der Waals surface area contributed by atoms with E-state index in [-0.39, 0.29) is 48.8 Å². The lowest BCUT2D eigenvalue weighted by Crippen LogP contribution is -2.48. The van der Waals surface area contributed by atoms with E-state index in [0.29, 0.717) is 43.4 Å². The van der Waals surface area contributed by atoms with Gasteiger partial charge in [0.15, 0.2) is 0 Å². The maximum Gasteiger partial charge on any atom is 0.416 e. The number of nitrogens with zero attached hydrogens (tertiary/aromatic N) is 3. The molecule has 1 heterocycles. The number of hydrogen-bond acceptors (Lipinski definition) is 3. The van der Waals surface area contributed by atoms with Gasteiger partial charge in [-0.3, -0.25) is 14.5 Å². The number of amides is 4. The first kappa shape index (κ1) is 34.5. The van der Waals surface area contributed by atoms with Crippen molar-refractivity contribution in [2.24, 2.45) is 11.8 Å². The summed E-state index contributed by atoms with van der Waals surface area (Å²) in [6.07, 6.45) is -4.92. The molecule has 0 bridgehead atoms. The molecule has 3 aliphatic rings.